The standard InChI is InChI=1S/C6H12O10S.Mn/c7-2(1-16-17(13,14)15)3(8)4(9)5(10)6(11)12;/h2-5,7-10H,1H2,(H,11,12)(H,13,14,15);/p-1. The molecule has 1 radical (unpaired) electrons. The zero-order valence-electron chi connectivity index (χ0n) is 8.58. The van der Waals surface area contributed by atoms with E-state index in [1.54, 1.807) is 0 Å². The summed E-state index contributed by atoms with van der Waals surface area (Å²) in [5.41, 5.74) is 0. The Morgan fingerprint density at radius 1 is 1.17 bits per heavy atom. The summed E-state index contributed by atoms with van der Waals surface area (Å²) in [6.07, 6.45) is -8.94. The summed E-state index contributed by atoms with van der Waals surface area (Å²) in [6.45, 7) is -1.18. The van der Waals surface area contributed by atoms with Crippen molar-refractivity contribution in [3.63, 3.8) is 0 Å². The molecule has 0 saturated carbocycles. The number of hydrogen-bond donors (Lipinski definition) is 5. The molecule has 0 aliphatic carbocycles. The van der Waals surface area contributed by atoms with E-state index in [0.29, 0.717) is 0 Å². The molecule has 0 aliphatic heterocycles. The molecule has 0 amide bonds. The van der Waals surface area contributed by atoms with Crippen LogP contribution >= 0.6 is 0 Å². The Labute approximate surface area is 112 Å². The Morgan fingerprint density at radius 2 is 1.61 bits per heavy atom. The first kappa shape index (κ1) is 20.0. The first-order valence-corrected chi connectivity index (χ1v) is 5.45. The molecular formula is C6H11MnO10S-. The Kier molecular flexibility index (Phi) is 8.89. The number of carbonyl (C=O) groups is 1. The minimum atomic E-state index is -5.10. The van der Waals surface area contributed by atoms with Crippen molar-refractivity contribution in [2.75, 3.05) is 6.61 Å². The molecule has 18 heavy (non-hydrogen) atoms. The van der Waals surface area contributed by atoms with E-state index >= 15 is 0 Å². The van der Waals surface area contributed by atoms with Gasteiger partial charge in [0.25, 0.3) is 0 Å². The Balaban J connectivity index is 0. The van der Waals surface area contributed by atoms with Gasteiger partial charge in [-0.05, 0) is 0 Å². The second-order valence-electron chi connectivity index (χ2n) is 3.02. The summed E-state index contributed by atoms with van der Waals surface area (Å²) in [5, 5.41) is 44.2. The molecule has 0 rings (SSSR count). The number of aliphatic carboxylic acids is 1. The molecule has 5 N–H and O–H groups in total. The van der Waals surface area contributed by atoms with Gasteiger partial charge in [0.2, 0.25) is 10.4 Å². The predicted molar refractivity (Wildman–Crippen MR) is 47.3 cm³/mol. The van der Waals surface area contributed by atoms with Gasteiger partial charge in [-0.3, -0.25) is 4.18 Å². The van der Waals surface area contributed by atoms with E-state index in [-0.39, 0.29) is 17.1 Å². The molecule has 0 saturated heterocycles. The van der Waals surface area contributed by atoms with E-state index in [0.717, 1.165) is 0 Å². The maximum Gasteiger partial charge on any atom is 0.335 e. The van der Waals surface area contributed by atoms with Crippen molar-refractivity contribution in [3.8, 4) is 0 Å². The van der Waals surface area contributed by atoms with E-state index in [2.05, 4.69) is 4.18 Å². The van der Waals surface area contributed by atoms with Crippen molar-refractivity contribution in [2.45, 2.75) is 24.4 Å². The molecule has 0 fully saturated rings. The summed E-state index contributed by atoms with van der Waals surface area (Å²) < 4.78 is 33.6. The van der Waals surface area contributed by atoms with Gasteiger partial charge in [0.15, 0.2) is 6.10 Å². The quantitative estimate of drug-likeness (QED) is 0.175. The smallest absolute Gasteiger partial charge is 0.335 e. The summed E-state index contributed by atoms with van der Waals surface area (Å²) in [6, 6.07) is 0. The first-order chi connectivity index (χ1) is 7.56. The van der Waals surface area contributed by atoms with E-state index in [1.807, 2.05) is 0 Å². The Morgan fingerprint density at radius 3 is 1.94 bits per heavy atom. The molecule has 0 bridgehead atoms. The molecule has 0 aromatic rings. The van der Waals surface area contributed by atoms with Crippen molar-refractivity contribution in [3.05, 3.63) is 0 Å². The third-order valence-electron chi connectivity index (χ3n) is 1.70. The molecule has 10 nitrogen and oxygen atoms in total. The maximum absolute atomic E-state index is 10.2. The summed E-state index contributed by atoms with van der Waals surface area (Å²) in [7, 11) is -5.10. The second kappa shape index (κ2) is 7.99. The molecule has 0 aromatic carbocycles. The van der Waals surface area contributed by atoms with Gasteiger partial charge in [0.1, 0.15) is 18.3 Å². The predicted octanol–water partition coefficient (Wildman–Crippen LogP) is -4.01. The van der Waals surface area contributed by atoms with Crippen LogP contribution in [0.2, 0.25) is 0 Å². The largest absolute Gasteiger partial charge is 0.726 e. The van der Waals surface area contributed by atoms with Gasteiger partial charge in [0, 0.05) is 17.1 Å². The first-order valence-electron chi connectivity index (χ1n) is 4.11. The molecule has 12 heteroatoms. The van der Waals surface area contributed by atoms with Crippen molar-refractivity contribution in [1.29, 1.82) is 0 Å². The molecule has 0 aromatic heterocycles. The maximum atomic E-state index is 10.2. The number of carboxylic acid groups (broad SMARTS) is 1. The van der Waals surface area contributed by atoms with E-state index in [9.17, 15) is 17.8 Å². The van der Waals surface area contributed by atoms with Crippen LogP contribution in [0.1, 0.15) is 0 Å². The number of aliphatic hydroxyl groups is 4. The minimum absolute atomic E-state index is 0. The zero-order chi connectivity index (χ0) is 13.8. The van der Waals surface area contributed by atoms with Crippen LogP contribution in [-0.2, 0) is 36.4 Å². The van der Waals surface area contributed by atoms with Crippen LogP contribution in [0.25, 0.3) is 0 Å². The van der Waals surface area contributed by atoms with Crippen molar-refractivity contribution in [1.82, 2.24) is 0 Å². The Hall–Kier alpha value is -0.301. The van der Waals surface area contributed by atoms with Crippen LogP contribution in [0.15, 0.2) is 0 Å². The fraction of sp³-hybridized carbons (Fsp3) is 0.833. The SMILES string of the molecule is O=C(O)C(O)C(O)C(O)C(O)COS(=O)(=O)[O-].[Mn]. The van der Waals surface area contributed by atoms with E-state index < -0.39 is 47.4 Å². The van der Waals surface area contributed by atoms with Crippen molar-refractivity contribution in [2.24, 2.45) is 0 Å². The molecule has 109 valence electrons. The second-order valence-corrected chi connectivity index (χ2v) is 4.08. The topological polar surface area (TPSA) is 185 Å². The van der Waals surface area contributed by atoms with Crippen LogP contribution in [0.5, 0.6) is 0 Å². The van der Waals surface area contributed by atoms with Gasteiger partial charge < -0.3 is 30.1 Å². The monoisotopic (exact) mass is 330 g/mol. The van der Waals surface area contributed by atoms with Crippen molar-refractivity contribution < 1.29 is 64.5 Å². The van der Waals surface area contributed by atoms with Crippen LogP contribution in [-0.4, -0.2) is 75.5 Å². The molecule has 4 unspecified atom stereocenters. The van der Waals surface area contributed by atoms with Gasteiger partial charge >= 0.3 is 5.97 Å². The number of carboxylic acids is 1. The molecule has 4 atom stereocenters. The number of aliphatic hydroxyl groups excluding tert-OH is 4. The number of rotatable bonds is 7. The Bertz CT molecular complexity index is 355. The normalized spacial score (nSPS) is 18.3. The molecule has 0 aliphatic rings. The summed E-state index contributed by atoms with van der Waals surface area (Å²) in [4.78, 5) is 10.2. The van der Waals surface area contributed by atoms with Crippen LogP contribution in [0.3, 0.4) is 0 Å². The fourth-order valence-corrected chi connectivity index (χ4v) is 1.12. The van der Waals surface area contributed by atoms with Crippen LogP contribution in [0.4, 0.5) is 0 Å². The average molecular weight is 330 g/mol. The van der Waals surface area contributed by atoms with E-state index in [1.165, 1.54) is 0 Å². The van der Waals surface area contributed by atoms with Crippen LogP contribution in [0, 0.1) is 0 Å². The van der Waals surface area contributed by atoms with Crippen LogP contribution < -0.4 is 0 Å². The van der Waals surface area contributed by atoms with Gasteiger partial charge in [-0.15, -0.1) is 0 Å². The third-order valence-corrected chi connectivity index (χ3v) is 2.13. The molecule has 0 spiro atoms. The third kappa shape index (κ3) is 7.20. The van der Waals surface area contributed by atoms with Gasteiger partial charge in [-0.2, -0.15) is 0 Å². The zero-order valence-corrected chi connectivity index (χ0v) is 10.6. The molecular weight excluding hydrogens is 319 g/mol. The molecule has 0 heterocycles. The van der Waals surface area contributed by atoms with E-state index in [4.69, 9.17) is 25.5 Å². The summed E-state index contributed by atoms with van der Waals surface area (Å²) in [5.74, 6) is -1.86. The fourth-order valence-electron chi connectivity index (χ4n) is 0.812. The summed E-state index contributed by atoms with van der Waals surface area (Å²) >= 11 is 0. The van der Waals surface area contributed by atoms with Gasteiger partial charge in [0.05, 0.1) is 6.61 Å². The van der Waals surface area contributed by atoms with Gasteiger partial charge in [-0.1, -0.05) is 0 Å². The minimum Gasteiger partial charge on any atom is -0.726 e. The van der Waals surface area contributed by atoms with Crippen molar-refractivity contribution >= 4 is 16.4 Å². The average Bonchev–Trinajstić information content (AvgIpc) is 2.21. The number of hydrogen-bond acceptors (Lipinski definition) is 9. The van der Waals surface area contributed by atoms with Gasteiger partial charge in [-0.25, -0.2) is 13.2 Å².